The standard InChI is InChI=1S/C13H18ClNO3/c1-13(2,3)18-12(17)15(7-8-16)11-6-4-5-10(14)9-11/h4-6,9,16H,7-8H2,1-3H3. The maximum absolute atomic E-state index is 12.0. The first-order chi connectivity index (χ1) is 8.33. The summed E-state index contributed by atoms with van der Waals surface area (Å²) in [6.07, 6.45) is -0.501. The lowest BCUT2D eigenvalue weighted by atomic mass is 10.2. The molecule has 5 heteroatoms. The van der Waals surface area contributed by atoms with Crippen molar-refractivity contribution in [3.05, 3.63) is 29.3 Å². The van der Waals surface area contributed by atoms with Gasteiger partial charge < -0.3 is 9.84 Å². The van der Waals surface area contributed by atoms with Crippen LogP contribution in [0.3, 0.4) is 0 Å². The Hall–Kier alpha value is -1.26. The molecule has 1 aromatic rings. The molecule has 0 aliphatic heterocycles. The van der Waals surface area contributed by atoms with Crippen molar-refractivity contribution in [1.82, 2.24) is 0 Å². The van der Waals surface area contributed by atoms with Crippen LogP contribution in [0.15, 0.2) is 24.3 Å². The Morgan fingerprint density at radius 2 is 2.11 bits per heavy atom. The van der Waals surface area contributed by atoms with Crippen molar-refractivity contribution in [3.63, 3.8) is 0 Å². The Kier molecular flexibility index (Phi) is 4.99. The lowest BCUT2D eigenvalue weighted by molar-refractivity contribution is 0.0573. The van der Waals surface area contributed by atoms with Crippen molar-refractivity contribution >= 4 is 23.4 Å². The molecule has 0 radical (unpaired) electrons. The van der Waals surface area contributed by atoms with Gasteiger partial charge in [0.2, 0.25) is 0 Å². The van der Waals surface area contributed by atoms with E-state index in [1.165, 1.54) is 4.90 Å². The number of aliphatic hydroxyl groups is 1. The quantitative estimate of drug-likeness (QED) is 0.919. The van der Waals surface area contributed by atoms with Crippen molar-refractivity contribution < 1.29 is 14.6 Å². The van der Waals surface area contributed by atoms with Gasteiger partial charge >= 0.3 is 6.09 Å². The van der Waals surface area contributed by atoms with Gasteiger partial charge in [-0.25, -0.2) is 4.79 Å². The minimum absolute atomic E-state index is 0.147. The second-order valence-electron chi connectivity index (χ2n) is 4.84. The fourth-order valence-electron chi connectivity index (χ4n) is 1.39. The molecule has 0 atom stereocenters. The number of aliphatic hydroxyl groups excluding tert-OH is 1. The number of amides is 1. The van der Waals surface area contributed by atoms with Gasteiger partial charge in [-0.05, 0) is 39.0 Å². The van der Waals surface area contributed by atoms with Gasteiger partial charge in [0.15, 0.2) is 0 Å². The Labute approximate surface area is 112 Å². The second-order valence-corrected chi connectivity index (χ2v) is 5.27. The molecule has 0 heterocycles. The van der Waals surface area contributed by atoms with Gasteiger partial charge in [-0.15, -0.1) is 0 Å². The molecular weight excluding hydrogens is 254 g/mol. The Morgan fingerprint density at radius 3 is 2.61 bits per heavy atom. The van der Waals surface area contributed by atoms with Crippen LogP contribution in [-0.2, 0) is 4.74 Å². The molecule has 1 aromatic carbocycles. The average Bonchev–Trinajstić information content (AvgIpc) is 2.23. The number of carbonyl (C=O) groups excluding carboxylic acids is 1. The molecule has 0 bridgehead atoms. The van der Waals surface area contributed by atoms with Crippen LogP contribution in [0.5, 0.6) is 0 Å². The van der Waals surface area contributed by atoms with E-state index in [9.17, 15) is 4.79 Å². The SMILES string of the molecule is CC(C)(C)OC(=O)N(CCO)c1cccc(Cl)c1. The molecule has 0 saturated heterocycles. The van der Waals surface area contributed by atoms with Gasteiger partial charge in [-0.3, -0.25) is 4.90 Å². The van der Waals surface area contributed by atoms with E-state index < -0.39 is 11.7 Å². The first-order valence-electron chi connectivity index (χ1n) is 5.70. The Morgan fingerprint density at radius 1 is 1.44 bits per heavy atom. The summed E-state index contributed by atoms with van der Waals surface area (Å²) in [4.78, 5) is 13.4. The predicted molar refractivity (Wildman–Crippen MR) is 72.1 cm³/mol. The maximum atomic E-state index is 12.0. The van der Waals surface area contributed by atoms with Crippen LogP contribution in [0.4, 0.5) is 10.5 Å². The van der Waals surface area contributed by atoms with Crippen molar-refractivity contribution in [1.29, 1.82) is 0 Å². The highest BCUT2D eigenvalue weighted by Gasteiger charge is 2.23. The molecule has 100 valence electrons. The summed E-state index contributed by atoms with van der Waals surface area (Å²) in [5, 5.41) is 9.56. The molecule has 18 heavy (non-hydrogen) atoms. The Balaban J connectivity index is 2.92. The van der Waals surface area contributed by atoms with E-state index in [4.69, 9.17) is 21.4 Å². The van der Waals surface area contributed by atoms with Gasteiger partial charge in [-0.1, -0.05) is 17.7 Å². The van der Waals surface area contributed by atoms with Crippen LogP contribution < -0.4 is 4.90 Å². The summed E-state index contributed by atoms with van der Waals surface area (Å²) in [7, 11) is 0. The van der Waals surface area contributed by atoms with Gasteiger partial charge in [0.05, 0.1) is 13.2 Å². The van der Waals surface area contributed by atoms with Crippen LogP contribution >= 0.6 is 11.6 Å². The van der Waals surface area contributed by atoms with E-state index in [0.29, 0.717) is 10.7 Å². The van der Waals surface area contributed by atoms with Crippen LogP contribution in [0.1, 0.15) is 20.8 Å². The van der Waals surface area contributed by atoms with Gasteiger partial charge in [0.25, 0.3) is 0 Å². The number of halogens is 1. The second kappa shape index (κ2) is 6.07. The van der Waals surface area contributed by atoms with Crippen LogP contribution in [0, 0.1) is 0 Å². The summed E-state index contributed by atoms with van der Waals surface area (Å²) < 4.78 is 5.28. The largest absolute Gasteiger partial charge is 0.443 e. The van der Waals surface area contributed by atoms with Gasteiger partial charge in [0, 0.05) is 10.7 Å². The molecular formula is C13H18ClNO3. The van der Waals surface area contributed by atoms with E-state index in [1.807, 2.05) is 0 Å². The zero-order chi connectivity index (χ0) is 13.8. The van der Waals surface area contributed by atoms with E-state index in [2.05, 4.69) is 0 Å². The highest BCUT2D eigenvalue weighted by atomic mass is 35.5. The van der Waals surface area contributed by atoms with Crippen molar-refractivity contribution in [2.75, 3.05) is 18.1 Å². The summed E-state index contributed by atoms with van der Waals surface area (Å²) in [5.41, 5.74) is 0.0226. The fraction of sp³-hybridized carbons (Fsp3) is 0.462. The number of hydrogen-bond acceptors (Lipinski definition) is 3. The topological polar surface area (TPSA) is 49.8 Å². The lowest BCUT2D eigenvalue weighted by Crippen LogP contribution is -2.38. The van der Waals surface area contributed by atoms with Crippen molar-refractivity contribution in [3.8, 4) is 0 Å². The third-order valence-electron chi connectivity index (χ3n) is 2.06. The lowest BCUT2D eigenvalue weighted by Gasteiger charge is -2.27. The van der Waals surface area contributed by atoms with E-state index in [0.717, 1.165) is 0 Å². The molecule has 0 aromatic heterocycles. The van der Waals surface area contributed by atoms with Crippen LogP contribution in [0.25, 0.3) is 0 Å². The predicted octanol–water partition coefficient (Wildman–Crippen LogP) is 3.07. The number of anilines is 1. The fourth-order valence-corrected chi connectivity index (χ4v) is 1.57. The summed E-state index contributed by atoms with van der Waals surface area (Å²) in [6.45, 7) is 5.39. The molecule has 1 N–H and O–H groups in total. The highest BCUT2D eigenvalue weighted by molar-refractivity contribution is 6.30. The third kappa shape index (κ3) is 4.55. The number of rotatable bonds is 3. The van der Waals surface area contributed by atoms with E-state index >= 15 is 0 Å². The van der Waals surface area contributed by atoms with Crippen molar-refractivity contribution in [2.24, 2.45) is 0 Å². The minimum atomic E-state index is -0.580. The van der Waals surface area contributed by atoms with Gasteiger partial charge in [0.1, 0.15) is 5.60 Å². The molecule has 1 amide bonds. The van der Waals surface area contributed by atoms with E-state index in [1.54, 1.807) is 45.0 Å². The van der Waals surface area contributed by atoms with Gasteiger partial charge in [-0.2, -0.15) is 0 Å². The normalized spacial score (nSPS) is 11.2. The molecule has 0 aliphatic carbocycles. The maximum Gasteiger partial charge on any atom is 0.414 e. The molecule has 0 fully saturated rings. The number of carbonyl (C=O) groups is 1. The van der Waals surface area contributed by atoms with E-state index in [-0.39, 0.29) is 13.2 Å². The average molecular weight is 272 g/mol. The zero-order valence-electron chi connectivity index (χ0n) is 10.8. The number of hydrogen-bond donors (Lipinski definition) is 1. The molecule has 0 aliphatic rings. The summed E-state index contributed by atoms with van der Waals surface area (Å²) in [6, 6.07) is 6.86. The highest BCUT2D eigenvalue weighted by Crippen LogP contribution is 2.21. The molecule has 0 spiro atoms. The number of nitrogens with zero attached hydrogens (tertiary/aromatic N) is 1. The smallest absolute Gasteiger partial charge is 0.414 e. The third-order valence-corrected chi connectivity index (χ3v) is 2.29. The summed E-state index contributed by atoms with van der Waals surface area (Å²) in [5.74, 6) is 0. The van der Waals surface area contributed by atoms with Crippen LogP contribution in [0.2, 0.25) is 5.02 Å². The molecule has 0 unspecified atom stereocenters. The zero-order valence-corrected chi connectivity index (χ0v) is 11.6. The summed E-state index contributed by atoms with van der Waals surface area (Å²) >= 11 is 5.89. The first kappa shape index (κ1) is 14.8. The number of ether oxygens (including phenoxy) is 1. The first-order valence-corrected chi connectivity index (χ1v) is 6.08. The molecule has 4 nitrogen and oxygen atoms in total. The number of benzene rings is 1. The van der Waals surface area contributed by atoms with Crippen molar-refractivity contribution in [2.45, 2.75) is 26.4 Å². The Bertz CT molecular complexity index is 415. The minimum Gasteiger partial charge on any atom is -0.443 e. The molecule has 0 saturated carbocycles. The molecule has 1 rings (SSSR count). The monoisotopic (exact) mass is 271 g/mol. The van der Waals surface area contributed by atoms with Crippen LogP contribution in [-0.4, -0.2) is 30.0 Å².